The smallest absolute Gasteiger partial charge is 0.251 e. The van der Waals surface area contributed by atoms with Crippen molar-refractivity contribution in [1.29, 1.82) is 10.8 Å². The first-order valence-electron chi connectivity index (χ1n) is 12.2. The van der Waals surface area contributed by atoms with Crippen molar-refractivity contribution in [2.24, 2.45) is 5.92 Å². The maximum Gasteiger partial charge on any atom is 0.251 e. The molecule has 0 radical (unpaired) electrons. The van der Waals surface area contributed by atoms with E-state index in [2.05, 4.69) is 10.2 Å². The van der Waals surface area contributed by atoms with E-state index in [1.165, 1.54) is 0 Å². The van der Waals surface area contributed by atoms with Gasteiger partial charge in [0.1, 0.15) is 16.5 Å². The van der Waals surface area contributed by atoms with Crippen LogP contribution >= 0.6 is 11.8 Å². The van der Waals surface area contributed by atoms with Gasteiger partial charge in [-0.2, -0.15) is 0 Å². The molecule has 2 amide bonds. The van der Waals surface area contributed by atoms with E-state index in [0.29, 0.717) is 45.7 Å². The van der Waals surface area contributed by atoms with Gasteiger partial charge < -0.3 is 19.9 Å². The summed E-state index contributed by atoms with van der Waals surface area (Å²) in [5.74, 6) is 1.17. The molecule has 9 heteroatoms. The van der Waals surface area contributed by atoms with Crippen molar-refractivity contribution in [3.05, 3.63) is 59.2 Å². The fraction of sp³-hybridized carbons (Fsp3) is 0.407. The number of likely N-dealkylation sites (N-methyl/N-ethyl adjacent to an activating group) is 1. The topological polar surface area (TPSA) is 110 Å². The molecule has 0 saturated carbocycles. The van der Waals surface area contributed by atoms with Crippen molar-refractivity contribution in [1.82, 2.24) is 15.1 Å². The standard InChI is InChI=1S/C27H33N5O3S/c1-17(2)25(28)36-26(29)18-8-10-22(11-9-18)35-23-13-19(27(34)30-21-15-31(3)16-21)6-7-20(23)14-32-12-4-5-24(32)33/h6-11,13,17,21,28-29H,4-5,12,14-16H2,1-3H3,(H,30,34). The van der Waals surface area contributed by atoms with Gasteiger partial charge in [0.2, 0.25) is 5.91 Å². The zero-order valence-electron chi connectivity index (χ0n) is 21.0. The van der Waals surface area contributed by atoms with Gasteiger partial charge in [0, 0.05) is 55.2 Å². The van der Waals surface area contributed by atoms with Crippen LogP contribution in [0.4, 0.5) is 0 Å². The maximum atomic E-state index is 12.8. The maximum absolute atomic E-state index is 12.8. The molecule has 2 heterocycles. The Kier molecular flexibility index (Phi) is 8.11. The molecule has 2 saturated heterocycles. The molecular weight excluding hydrogens is 474 g/mol. The van der Waals surface area contributed by atoms with E-state index in [4.69, 9.17) is 15.6 Å². The minimum atomic E-state index is -0.143. The van der Waals surface area contributed by atoms with Crippen molar-refractivity contribution < 1.29 is 14.3 Å². The molecule has 0 spiro atoms. The molecule has 2 aliphatic heterocycles. The van der Waals surface area contributed by atoms with Crippen LogP contribution in [0.2, 0.25) is 0 Å². The average Bonchev–Trinajstić information content (AvgIpc) is 3.23. The molecule has 0 aromatic heterocycles. The van der Waals surface area contributed by atoms with Crippen LogP contribution in [0, 0.1) is 16.7 Å². The Morgan fingerprint density at radius 2 is 1.83 bits per heavy atom. The van der Waals surface area contributed by atoms with E-state index < -0.39 is 0 Å². The Morgan fingerprint density at radius 3 is 2.44 bits per heavy atom. The Morgan fingerprint density at radius 1 is 1.14 bits per heavy atom. The van der Waals surface area contributed by atoms with Gasteiger partial charge in [-0.1, -0.05) is 31.7 Å². The highest BCUT2D eigenvalue weighted by molar-refractivity contribution is 8.26. The second-order valence-electron chi connectivity index (χ2n) is 9.71. The molecule has 2 aromatic carbocycles. The Labute approximate surface area is 216 Å². The van der Waals surface area contributed by atoms with Gasteiger partial charge in [0.05, 0.1) is 11.1 Å². The molecule has 2 fully saturated rings. The summed E-state index contributed by atoms with van der Waals surface area (Å²) in [4.78, 5) is 29.0. The number of likely N-dealkylation sites (tertiary alicyclic amines) is 2. The van der Waals surface area contributed by atoms with Crippen LogP contribution in [0.5, 0.6) is 11.5 Å². The molecule has 3 N–H and O–H groups in total. The zero-order chi connectivity index (χ0) is 25.8. The first-order valence-corrected chi connectivity index (χ1v) is 13.0. The number of amides is 2. The Bertz CT molecular complexity index is 1160. The second-order valence-corrected chi connectivity index (χ2v) is 10.8. The van der Waals surface area contributed by atoms with Crippen LogP contribution in [0.15, 0.2) is 42.5 Å². The molecule has 2 aromatic rings. The number of hydrogen-bond acceptors (Lipinski definition) is 7. The number of benzene rings is 2. The average molecular weight is 508 g/mol. The van der Waals surface area contributed by atoms with E-state index in [0.717, 1.165) is 43.4 Å². The number of hydrogen-bond donors (Lipinski definition) is 3. The van der Waals surface area contributed by atoms with Gasteiger partial charge in [-0.25, -0.2) is 0 Å². The first kappa shape index (κ1) is 25.9. The predicted molar refractivity (Wildman–Crippen MR) is 143 cm³/mol. The highest BCUT2D eigenvalue weighted by Gasteiger charge is 2.26. The molecule has 0 atom stereocenters. The number of rotatable bonds is 8. The highest BCUT2D eigenvalue weighted by atomic mass is 32.2. The van der Waals surface area contributed by atoms with E-state index in [-0.39, 0.29) is 23.8 Å². The third kappa shape index (κ3) is 6.33. The van der Waals surface area contributed by atoms with Gasteiger partial charge in [-0.3, -0.25) is 20.4 Å². The van der Waals surface area contributed by atoms with E-state index >= 15 is 0 Å². The molecule has 8 nitrogen and oxygen atoms in total. The summed E-state index contributed by atoms with van der Waals surface area (Å²) in [5.41, 5.74) is 2.06. The van der Waals surface area contributed by atoms with Crippen LogP contribution in [-0.4, -0.2) is 64.4 Å². The minimum Gasteiger partial charge on any atom is -0.457 e. The molecule has 190 valence electrons. The van der Waals surface area contributed by atoms with Crippen molar-refractivity contribution in [2.45, 2.75) is 39.3 Å². The zero-order valence-corrected chi connectivity index (χ0v) is 21.8. The fourth-order valence-corrected chi connectivity index (χ4v) is 4.85. The van der Waals surface area contributed by atoms with Crippen LogP contribution < -0.4 is 10.1 Å². The fourth-order valence-electron chi connectivity index (χ4n) is 4.15. The number of nitrogens with one attached hydrogen (secondary N) is 3. The van der Waals surface area contributed by atoms with Crippen LogP contribution in [-0.2, 0) is 11.3 Å². The van der Waals surface area contributed by atoms with Gasteiger partial charge in [0.25, 0.3) is 5.91 Å². The quantitative estimate of drug-likeness (QED) is 0.364. The lowest BCUT2D eigenvalue weighted by Crippen LogP contribution is -2.57. The third-order valence-electron chi connectivity index (χ3n) is 6.34. The monoisotopic (exact) mass is 507 g/mol. The van der Waals surface area contributed by atoms with Crippen LogP contribution in [0.1, 0.15) is 48.2 Å². The summed E-state index contributed by atoms with van der Waals surface area (Å²) in [6.07, 6.45) is 1.41. The first-order chi connectivity index (χ1) is 17.2. The lowest BCUT2D eigenvalue weighted by atomic mass is 10.1. The second kappa shape index (κ2) is 11.3. The van der Waals surface area contributed by atoms with E-state index in [9.17, 15) is 9.59 Å². The third-order valence-corrected chi connectivity index (χ3v) is 7.47. The van der Waals surface area contributed by atoms with E-state index in [1.807, 2.05) is 31.9 Å². The van der Waals surface area contributed by atoms with Crippen molar-refractivity contribution in [2.75, 3.05) is 26.7 Å². The molecule has 2 aliphatic rings. The summed E-state index contributed by atoms with van der Waals surface area (Å²) in [6, 6.07) is 12.7. The molecule has 0 aliphatic carbocycles. The summed E-state index contributed by atoms with van der Waals surface area (Å²) in [7, 11) is 2.02. The lowest BCUT2D eigenvalue weighted by molar-refractivity contribution is -0.128. The Balaban J connectivity index is 1.52. The van der Waals surface area contributed by atoms with Gasteiger partial charge in [-0.05, 0) is 49.9 Å². The predicted octanol–water partition coefficient (Wildman–Crippen LogP) is 4.34. The summed E-state index contributed by atoms with van der Waals surface area (Å²) >= 11 is 1.15. The number of ether oxygens (including phenoxy) is 1. The normalized spacial score (nSPS) is 16.2. The van der Waals surface area contributed by atoms with Crippen molar-refractivity contribution in [3.63, 3.8) is 0 Å². The SMILES string of the molecule is CC(C)C(=N)SC(=N)c1ccc(Oc2cc(C(=O)NC3CN(C)C3)ccc2CN2CCCC2=O)cc1. The minimum absolute atomic E-state index is 0.0774. The summed E-state index contributed by atoms with van der Waals surface area (Å²) in [5, 5.41) is 20.1. The molecule has 4 rings (SSSR count). The molecule has 0 unspecified atom stereocenters. The Hall–Kier alpha value is -3.17. The number of thioether (sulfide) groups is 1. The number of carbonyl (C=O) groups excluding carboxylic acids is 2. The number of nitrogens with zero attached hydrogens (tertiary/aromatic N) is 2. The van der Waals surface area contributed by atoms with Crippen LogP contribution in [0.3, 0.4) is 0 Å². The van der Waals surface area contributed by atoms with Crippen molar-refractivity contribution in [3.8, 4) is 11.5 Å². The molecular formula is C27H33N5O3S. The number of carbonyl (C=O) groups is 2. The molecule has 0 bridgehead atoms. The van der Waals surface area contributed by atoms with Gasteiger partial charge >= 0.3 is 0 Å². The van der Waals surface area contributed by atoms with E-state index in [1.54, 1.807) is 36.4 Å². The summed E-state index contributed by atoms with van der Waals surface area (Å²) in [6.45, 7) is 6.69. The highest BCUT2D eigenvalue weighted by Crippen LogP contribution is 2.30. The van der Waals surface area contributed by atoms with Crippen molar-refractivity contribution >= 4 is 33.7 Å². The van der Waals surface area contributed by atoms with Gasteiger partial charge in [-0.15, -0.1) is 0 Å². The largest absolute Gasteiger partial charge is 0.457 e. The molecule has 36 heavy (non-hydrogen) atoms. The summed E-state index contributed by atoms with van der Waals surface area (Å²) < 4.78 is 6.22. The lowest BCUT2D eigenvalue weighted by Gasteiger charge is -2.36. The van der Waals surface area contributed by atoms with Crippen LogP contribution in [0.25, 0.3) is 0 Å². The van der Waals surface area contributed by atoms with Gasteiger partial charge in [0.15, 0.2) is 0 Å².